The van der Waals surface area contributed by atoms with Crippen molar-refractivity contribution in [1.82, 2.24) is 29.4 Å². The first-order valence-electron chi connectivity index (χ1n) is 12.8. The zero-order valence-electron chi connectivity index (χ0n) is 21.9. The number of likely N-dealkylation sites (tertiary alicyclic amines) is 1. The Balaban J connectivity index is 1.43. The highest BCUT2D eigenvalue weighted by atomic mass is 19.3. The first-order valence-corrected chi connectivity index (χ1v) is 12.8. The lowest BCUT2D eigenvalue weighted by Crippen LogP contribution is -2.39. The highest BCUT2D eigenvalue weighted by molar-refractivity contribution is 5.80. The monoisotopic (exact) mass is 522 g/mol. The Hall–Kier alpha value is -3.66. The van der Waals surface area contributed by atoms with E-state index in [1.165, 1.54) is 0 Å². The first kappa shape index (κ1) is 26.0. The maximum atomic E-state index is 13.6. The van der Waals surface area contributed by atoms with Crippen molar-refractivity contribution < 1.29 is 18.7 Å². The number of carbonyl (C=O) groups is 1. The van der Waals surface area contributed by atoms with Gasteiger partial charge in [0.15, 0.2) is 0 Å². The van der Waals surface area contributed by atoms with Gasteiger partial charge in [-0.15, -0.1) is 5.10 Å². The van der Waals surface area contributed by atoms with Crippen LogP contribution in [0.15, 0.2) is 42.7 Å². The van der Waals surface area contributed by atoms with Gasteiger partial charge in [0, 0.05) is 57.8 Å². The molecule has 1 N–H and O–H groups in total. The van der Waals surface area contributed by atoms with E-state index in [1.807, 2.05) is 60.8 Å². The second-order valence-corrected chi connectivity index (χ2v) is 10.3. The van der Waals surface area contributed by atoms with Gasteiger partial charge in [-0.1, -0.05) is 29.5 Å². The molecule has 2 aromatic carbocycles. The molecular formula is C28H32F2N6O2. The number of alkyl halides is 2. The van der Waals surface area contributed by atoms with Gasteiger partial charge in [0.2, 0.25) is 0 Å². The molecule has 0 bridgehead atoms. The Morgan fingerprint density at radius 1 is 1.13 bits per heavy atom. The fourth-order valence-electron chi connectivity index (χ4n) is 5.34. The maximum Gasteiger partial charge on any atom is 0.304 e. The molecule has 1 fully saturated rings. The van der Waals surface area contributed by atoms with E-state index in [4.69, 9.17) is 0 Å². The number of imidazole rings is 1. The molecule has 200 valence electrons. The second-order valence-electron chi connectivity index (χ2n) is 10.3. The van der Waals surface area contributed by atoms with Crippen LogP contribution in [0.4, 0.5) is 8.78 Å². The van der Waals surface area contributed by atoms with Crippen LogP contribution in [0, 0.1) is 13.8 Å². The summed E-state index contributed by atoms with van der Waals surface area (Å²) in [5.74, 6) is -2.98. The minimum absolute atomic E-state index is 0.0506. The number of halogens is 2. The van der Waals surface area contributed by atoms with Gasteiger partial charge < -0.3 is 9.67 Å². The van der Waals surface area contributed by atoms with Crippen molar-refractivity contribution in [3.05, 3.63) is 76.4 Å². The molecule has 5 rings (SSSR count). The van der Waals surface area contributed by atoms with Crippen LogP contribution in [0.1, 0.15) is 58.8 Å². The number of hydrogen-bond acceptors (Lipinski definition) is 5. The number of carboxylic acids is 1. The third-order valence-corrected chi connectivity index (χ3v) is 7.70. The average molecular weight is 523 g/mol. The van der Waals surface area contributed by atoms with Crippen molar-refractivity contribution >= 4 is 17.0 Å². The quantitative estimate of drug-likeness (QED) is 0.362. The second kappa shape index (κ2) is 10.2. The molecule has 1 aliphatic rings. The zero-order valence-corrected chi connectivity index (χ0v) is 21.9. The maximum absolute atomic E-state index is 13.6. The Morgan fingerprint density at radius 2 is 1.89 bits per heavy atom. The van der Waals surface area contributed by atoms with Gasteiger partial charge in [-0.05, 0) is 47.7 Å². The standard InChI is InChI=1S/C28H32F2N6O2/c1-18-4-5-20(23(15-26(37)38)22-6-7-24-27(19(22)2)32-33-34(24)3)14-21(18)16-36-13-10-31-25(36)17-35-11-8-28(29,30)9-12-35/h4-7,10,13-14,23H,8-9,11-12,15-17H2,1-3H3,(H,37,38). The van der Waals surface area contributed by atoms with Crippen molar-refractivity contribution in [2.24, 2.45) is 7.05 Å². The molecule has 38 heavy (non-hydrogen) atoms. The van der Waals surface area contributed by atoms with E-state index in [2.05, 4.69) is 21.4 Å². The van der Waals surface area contributed by atoms with Gasteiger partial charge in [0.25, 0.3) is 5.92 Å². The highest BCUT2D eigenvalue weighted by Crippen LogP contribution is 2.34. The summed E-state index contributed by atoms with van der Waals surface area (Å²) in [7, 11) is 1.83. The Morgan fingerprint density at radius 3 is 2.63 bits per heavy atom. The molecule has 3 heterocycles. The minimum Gasteiger partial charge on any atom is -0.481 e. The highest BCUT2D eigenvalue weighted by Gasteiger charge is 2.34. The van der Waals surface area contributed by atoms with E-state index >= 15 is 0 Å². The fourth-order valence-corrected chi connectivity index (χ4v) is 5.34. The number of fused-ring (bicyclic) bond motifs is 1. The Labute approximate surface area is 219 Å². The van der Waals surface area contributed by atoms with Crippen molar-refractivity contribution in [3.63, 3.8) is 0 Å². The number of piperidine rings is 1. The molecular weight excluding hydrogens is 490 g/mol. The molecule has 10 heteroatoms. The summed E-state index contributed by atoms with van der Waals surface area (Å²) < 4.78 is 30.9. The SMILES string of the molecule is Cc1ccc(C(CC(=O)O)c2ccc3c(nnn3C)c2C)cc1Cn1ccnc1CN1CCC(F)(F)CC1. The van der Waals surface area contributed by atoms with Gasteiger partial charge in [-0.3, -0.25) is 9.69 Å². The number of carboxylic acid groups (broad SMARTS) is 1. The van der Waals surface area contributed by atoms with Crippen LogP contribution in [-0.2, 0) is 24.9 Å². The number of nitrogens with zero attached hydrogens (tertiary/aromatic N) is 6. The molecule has 2 aromatic heterocycles. The van der Waals surface area contributed by atoms with Crippen molar-refractivity contribution in [2.45, 2.75) is 58.0 Å². The fraction of sp³-hybridized carbons (Fsp3) is 0.429. The largest absolute Gasteiger partial charge is 0.481 e. The lowest BCUT2D eigenvalue weighted by molar-refractivity contribution is -0.137. The van der Waals surface area contributed by atoms with Crippen LogP contribution in [0.25, 0.3) is 11.0 Å². The molecule has 1 unspecified atom stereocenters. The van der Waals surface area contributed by atoms with Gasteiger partial charge in [0.1, 0.15) is 11.3 Å². The molecule has 0 saturated carbocycles. The lowest BCUT2D eigenvalue weighted by Gasteiger charge is -2.31. The summed E-state index contributed by atoms with van der Waals surface area (Å²) in [6.45, 7) is 5.76. The van der Waals surface area contributed by atoms with Crippen LogP contribution in [0.3, 0.4) is 0 Å². The lowest BCUT2D eigenvalue weighted by atomic mass is 9.84. The van der Waals surface area contributed by atoms with Crippen LogP contribution in [0.5, 0.6) is 0 Å². The molecule has 4 aromatic rings. The Kier molecular flexibility index (Phi) is 7.00. The summed E-state index contributed by atoms with van der Waals surface area (Å²) in [6, 6.07) is 10.0. The van der Waals surface area contributed by atoms with Crippen LogP contribution < -0.4 is 0 Å². The average Bonchev–Trinajstić information content (AvgIpc) is 3.47. The number of aryl methyl sites for hydroxylation is 3. The van der Waals surface area contributed by atoms with Gasteiger partial charge in [0.05, 0.1) is 18.5 Å². The number of aromatic nitrogens is 5. The smallest absolute Gasteiger partial charge is 0.304 e. The molecule has 0 spiro atoms. The predicted molar refractivity (Wildman–Crippen MR) is 139 cm³/mol. The number of benzene rings is 2. The molecule has 1 aliphatic heterocycles. The zero-order chi connectivity index (χ0) is 27.0. The summed E-state index contributed by atoms with van der Waals surface area (Å²) in [5.41, 5.74) is 6.57. The van der Waals surface area contributed by atoms with Gasteiger partial charge >= 0.3 is 5.97 Å². The first-order chi connectivity index (χ1) is 18.1. The van der Waals surface area contributed by atoms with Crippen molar-refractivity contribution in [1.29, 1.82) is 0 Å². The minimum atomic E-state index is -2.58. The molecule has 1 atom stereocenters. The van der Waals surface area contributed by atoms with E-state index in [-0.39, 0.29) is 25.2 Å². The third-order valence-electron chi connectivity index (χ3n) is 7.70. The molecule has 0 amide bonds. The number of hydrogen-bond donors (Lipinski definition) is 1. The van der Waals surface area contributed by atoms with E-state index < -0.39 is 11.9 Å². The molecule has 0 radical (unpaired) electrons. The summed E-state index contributed by atoms with van der Waals surface area (Å²) in [6.07, 6.45) is 3.34. The van der Waals surface area contributed by atoms with Crippen molar-refractivity contribution in [2.75, 3.05) is 13.1 Å². The summed E-state index contributed by atoms with van der Waals surface area (Å²) in [4.78, 5) is 18.4. The van der Waals surface area contributed by atoms with E-state index in [0.29, 0.717) is 26.2 Å². The molecule has 0 aliphatic carbocycles. The molecule has 8 nitrogen and oxygen atoms in total. The predicted octanol–water partition coefficient (Wildman–Crippen LogP) is 4.67. The van der Waals surface area contributed by atoms with Crippen LogP contribution in [0.2, 0.25) is 0 Å². The Bertz CT molecular complexity index is 1470. The normalized spacial score (nSPS) is 16.7. The third kappa shape index (κ3) is 5.31. The summed E-state index contributed by atoms with van der Waals surface area (Å²) >= 11 is 0. The van der Waals surface area contributed by atoms with E-state index in [9.17, 15) is 18.7 Å². The van der Waals surface area contributed by atoms with Gasteiger partial charge in [-0.2, -0.15) is 0 Å². The van der Waals surface area contributed by atoms with Gasteiger partial charge in [-0.25, -0.2) is 18.4 Å². The molecule has 1 saturated heterocycles. The van der Waals surface area contributed by atoms with Crippen LogP contribution >= 0.6 is 0 Å². The number of aliphatic carboxylic acids is 1. The van der Waals surface area contributed by atoms with Crippen LogP contribution in [-0.4, -0.2) is 59.5 Å². The summed E-state index contributed by atoms with van der Waals surface area (Å²) in [5, 5.41) is 18.2. The van der Waals surface area contributed by atoms with Crippen molar-refractivity contribution in [3.8, 4) is 0 Å². The topological polar surface area (TPSA) is 89.1 Å². The van der Waals surface area contributed by atoms with E-state index in [1.54, 1.807) is 10.9 Å². The van der Waals surface area contributed by atoms with E-state index in [0.717, 1.165) is 44.7 Å². The number of rotatable bonds is 8.